The standard InChI is InChI=1S/C24H39N7O6/c1-13(2)11-19(23(36)37)31-20(33)14(3)29-22(35)18(12-15-6-8-16(32)9-7-15)30-21(34)17(25)5-4-10-28-24(26)27/h6-9,13-14,17-19,32H,4-5,10-12,25H2,1-3H3,(H,29,35)(H,30,34)(H,31,33)(H,36,37)(H4,26,27,28). The molecule has 1 aromatic carbocycles. The van der Waals surface area contributed by atoms with Gasteiger partial charge in [-0.25, -0.2) is 4.79 Å². The first-order valence-electron chi connectivity index (χ1n) is 12.0. The van der Waals surface area contributed by atoms with Crippen molar-refractivity contribution < 1.29 is 29.4 Å². The van der Waals surface area contributed by atoms with Gasteiger partial charge < -0.3 is 43.4 Å². The molecule has 0 aliphatic carbocycles. The van der Waals surface area contributed by atoms with E-state index >= 15 is 0 Å². The Morgan fingerprint density at radius 1 is 0.919 bits per heavy atom. The zero-order chi connectivity index (χ0) is 28.1. The van der Waals surface area contributed by atoms with E-state index in [-0.39, 0.29) is 36.9 Å². The highest BCUT2D eigenvalue weighted by Gasteiger charge is 2.28. The number of hydrogen-bond acceptors (Lipinski definition) is 7. The summed E-state index contributed by atoms with van der Waals surface area (Å²) < 4.78 is 0. The lowest BCUT2D eigenvalue weighted by Crippen LogP contribution is -2.57. The molecule has 13 nitrogen and oxygen atoms in total. The summed E-state index contributed by atoms with van der Waals surface area (Å²) in [6.45, 7) is 5.36. The van der Waals surface area contributed by atoms with Crippen molar-refractivity contribution in [1.29, 1.82) is 0 Å². The largest absolute Gasteiger partial charge is 0.508 e. The molecule has 4 unspecified atom stereocenters. The van der Waals surface area contributed by atoms with Gasteiger partial charge in [0, 0.05) is 13.0 Å². The molecule has 37 heavy (non-hydrogen) atoms. The minimum atomic E-state index is -1.17. The monoisotopic (exact) mass is 521 g/mol. The van der Waals surface area contributed by atoms with Crippen LogP contribution in [0.3, 0.4) is 0 Å². The highest BCUT2D eigenvalue weighted by Crippen LogP contribution is 2.12. The van der Waals surface area contributed by atoms with Crippen LogP contribution >= 0.6 is 0 Å². The van der Waals surface area contributed by atoms with Gasteiger partial charge in [-0.2, -0.15) is 0 Å². The number of aliphatic imine (C=N–C) groups is 1. The predicted octanol–water partition coefficient (Wildman–Crippen LogP) is -1.08. The number of carbonyl (C=O) groups excluding carboxylic acids is 3. The summed E-state index contributed by atoms with van der Waals surface area (Å²) in [5.41, 5.74) is 17.1. The average molecular weight is 522 g/mol. The molecule has 0 radical (unpaired) electrons. The number of carboxylic acid groups (broad SMARTS) is 1. The van der Waals surface area contributed by atoms with Crippen molar-refractivity contribution in [1.82, 2.24) is 16.0 Å². The van der Waals surface area contributed by atoms with Crippen LogP contribution in [0.25, 0.3) is 0 Å². The maximum Gasteiger partial charge on any atom is 0.326 e. The number of carboxylic acids is 1. The molecule has 13 heteroatoms. The van der Waals surface area contributed by atoms with Gasteiger partial charge in [-0.1, -0.05) is 26.0 Å². The second-order valence-electron chi connectivity index (χ2n) is 9.25. The van der Waals surface area contributed by atoms with Crippen molar-refractivity contribution in [2.75, 3.05) is 6.54 Å². The molecule has 0 bridgehead atoms. The van der Waals surface area contributed by atoms with E-state index in [2.05, 4.69) is 20.9 Å². The predicted molar refractivity (Wildman–Crippen MR) is 138 cm³/mol. The quantitative estimate of drug-likeness (QED) is 0.0794. The van der Waals surface area contributed by atoms with Gasteiger partial charge >= 0.3 is 5.97 Å². The van der Waals surface area contributed by atoms with Crippen LogP contribution in [0.4, 0.5) is 0 Å². The highest BCUT2D eigenvalue weighted by molar-refractivity contribution is 5.94. The maximum atomic E-state index is 13.1. The van der Waals surface area contributed by atoms with Crippen LogP contribution in [0.1, 0.15) is 45.6 Å². The van der Waals surface area contributed by atoms with Crippen molar-refractivity contribution in [3.8, 4) is 5.75 Å². The van der Waals surface area contributed by atoms with Crippen LogP contribution in [0, 0.1) is 5.92 Å². The first kappa shape index (κ1) is 31.2. The Morgan fingerprint density at radius 3 is 2.05 bits per heavy atom. The SMILES string of the molecule is CC(C)CC(NC(=O)C(C)NC(=O)C(Cc1ccc(O)cc1)NC(=O)C(N)CCCN=C(N)N)C(=O)O. The fourth-order valence-electron chi connectivity index (χ4n) is 3.38. The van der Waals surface area contributed by atoms with Gasteiger partial charge in [-0.3, -0.25) is 19.4 Å². The first-order chi connectivity index (χ1) is 17.3. The highest BCUT2D eigenvalue weighted by atomic mass is 16.4. The van der Waals surface area contributed by atoms with Crippen LogP contribution in [-0.2, 0) is 25.6 Å². The van der Waals surface area contributed by atoms with Crippen LogP contribution in [0.15, 0.2) is 29.3 Å². The zero-order valence-corrected chi connectivity index (χ0v) is 21.4. The molecule has 3 amide bonds. The molecule has 0 aliphatic rings. The Kier molecular flexibility index (Phi) is 12.9. The average Bonchev–Trinajstić information content (AvgIpc) is 2.81. The summed E-state index contributed by atoms with van der Waals surface area (Å²) >= 11 is 0. The molecule has 4 atom stereocenters. The van der Waals surface area contributed by atoms with Crippen LogP contribution in [0.5, 0.6) is 5.75 Å². The molecule has 0 spiro atoms. The van der Waals surface area contributed by atoms with Gasteiger partial charge in [0.1, 0.15) is 23.9 Å². The second kappa shape index (κ2) is 15.3. The first-order valence-corrected chi connectivity index (χ1v) is 12.0. The molecule has 0 saturated carbocycles. The summed E-state index contributed by atoms with van der Waals surface area (Å²) in [5, 5.41) is 26.4. The molecule has 0 heterocycles. The number of hydrogen-bond donors (Lipinski definition) is 8. The number of aromatic hydroxyl groups is 1. The van der Waals surface area contributed by atoms with E-state index in [0.717, 1.165) is 0 Å². The smallest absolute Gasteiger partial charge is 0.326 e. The number of nitrogens with zero attached hydrogens (tertiary/aromatic N) is 1. The van der Waals surface area contributed by atoms with Gasteiger partial charge in [-0.15, -0.1) is 0 Å². The Bertz CT molecular complexity index is 947. The number of rotatable bonds is 15. The molecule has 0 aliphatic heterocycles. The molecular formula is C24H39N7O6. The Labute approximate surface area is 216 Å². The number of aliphatic carboxylic acids is 1. The van der Waals surface area contributed by atoms with Crippen LogP contribution in [0.2, 0.25) is 0 Å². The summed E-state index contributed by atoms with van der Waals surface area (Å²) in [6.07, 6.45) is 0.987. The summed E-state index contributed by atoms with van der Waals surface area (Å²) in [6, 6.07) is 1.87. The molecule has 1 aromatic rings. The Hall–Kier alpha value is -3.87. The fraction of sp³-hybridized carbons (Fsp3) is 0.542. The Balaban J connectivity index is 2.90. The summed E-state index contributed by atoms with van der Waals surface area (Å²) in [5.74, 6) is -3.09. The molecule has 206 valence electrons. The van der Waals surface area contributed by atoms with E-state index in [9.17, 15) is 29.4 Å². The second-order valence-corrected chi connectivity index (χ2v) is 9.25. The molecule has 0 saturated heterocycles. The van der Waals surface area contributed by atoms with Crippen molar-refractivity contribution in [3.05, 3.63) is 29.8 Å². The Morgan fingerprint density at radius 2 is 1.51 bits per heavy atom. The lowest BCUT2D eigenvalue weighted by atomic mass is 10.0. The lowest BCUT2D eigenvalue weighted by Gasteiger charge is -2.24. The van der Waals surface area contributed by atoms with Crippen molar-refractivity contribution in [3.63, 3.8) is 0 Å². The number of carbonyl (C=O) groups is 4. The number of phenolic OH excluding ortho intramolecular Hbond substituents is 1. The van der Waals surface area contributed by atoms with Crippen LogP contribution < -0.4 is 33.2 Å². The lowest BCUT2D eigenvalue weighted by molar-refractivity contribution is -0.142. The third-order valence-corrected chi connectivity index (χ3v) is 5.39. The third kappa shape index (κ3) is 12.1. The van der Waals surface area contributed by atoms with Gasteiger partial charge in [0.15, 0.2) is 5.96 Å². The van der Waals surface area contributed by atoms with E-state index < -0.39 is 47.9 Å². The minimum absolute atomic E-state index is 0.0277. The number of guanidine groups is 1. The zero-order valence-electron chi connectivity index (χ0n) is 21.4. The molecular weight excluding hydrogens is 482 g/mol. The topological polar surface area (TPSA) is 235 Å². The van der Waals surface area contributed by atoms with Crippen molar-refractivity contribution in [2.24, 2.45) is 28.1 Å². The van der Waals surface area contributed by atoms with Crippen LogP contribution in [-0.4, -0.2) is 70.6 Å². The van der Waals surface area contributed by atoms with E-state index in [1.165, 1.54) is 19.1 Å². The van der Waals surface area contributed by atoms with E-state index in [1.807, 2.05) is 13.8 Å². The number of nitrogens with two attached hydrogens (primary N) is 3. The molecule has 1 rings (SSSR count). The number of nitrogens with one attached hydrogen (secondary N) is 3. The van der Waals surface area contributed by atoms with Gasteiger partial charge in [0.05, 0.1) is 6.04 Å². The minimum Gasteiger partial charge on any atom is -0.508 e. The van der Waals surface area contributed by atoms with Gasteiger partial charge in [0.2, 0.25) is 17.7 Å². The molecule has 0 aromatic heterocycles. The van der Waals surface area contributed by atoms with Gasteiger partial charge in [-0.05, 0) is 49.8 Å². The van der Waals surface area contributed by atoms with Crippen molar-refractivity contribution >= 4 is 29.7 Å². The summed E-state index contributed by atoms with van der Waals surface area (Å²) in [7, 11) is 0. The van der Waals surface area contributed by atoms with E-state index in [0.29, 0.717) is 18.5 Å². The van der Waals surface area contributed by atoms with E-state index in [1.54, 1.807) is 12.1 Å². The fourth-order valence-corrected chi connectivity index (χ4v) is 3.38. The van der Waals surface area contributed by atoms with E-state index in [4.69, 9.17) is 17.2 Å². The third-order valence-electron chi connectivity index (χ3n) is 5.39. The van der Waals surface area contributed by atoms with Crippen molar-refractivity contribution in [2.45, 2.75) is 70.6 Å². The maximum absolute atomic E-state index is 13.1. The molecule has 11 N–H and O–H groups in total. The number of amides is 3. The molecule has 0 fully saturated rings. The normalized spacial score (nSPS) is 14.1. The summed E-state index contributed by atoms with van der Waals surface area (Å²) in [4.78, 5) is 53.6. The number of phenols is 1. The number of benzene rings is 1. The van der Waals surface area contributed by atoms with Gasteiger partial charge in [0.25, 0.3) is 0 Å².